The summed E-state index contributed by atoms with van der Waals surface area (Å²) in [6, 6.07) is 18.3. The van der Waals surface area contributed by atoms with Crippen molar-refractivity contribution < 1.29 is 9.50 Å². The molecule has 0 spiro atoms. The molecule has 3 aromatic carbocycles. The molecule has 1 N–H and O–H groups in total. The average Bonchev–Trinajstić information content (AvgIpc) is 2.47. The standard InChI is InChI=1S/C18H14ClFO/c19-15-9-4-10-16(20)18(15)17(21)11-13-7-3-6-12-5-1-2-8-14(12)13/h1-10,17,21H,11H2. The van der Waals surface area contributed by atoms with Gasteiger partial charge in [0.2, 0.25) is 0 Å². The van der Waals surface area contributed by atoms with Gasteiger partial charge in [0.05, 0.1) is 6.10 Å². The van der Waals surface area contributed by atoms with E-state index in [4.69, 9.17) is 11.6 Å². The van der Waals surface area contributed by atoms with Crippen LogP contribution in [0.1, 0.15) is 17.2 Å². The van der Waals surface area contributed by atoms with E-state index < -0.39 is 11.9 Å². The number of aliphatic hydroxyl groups excluding tert-OH is 1. The lowest BCUT2D eigenvalue weighted by Crippen LogP contribution is -2.05. The van der Waals surface area contributed by atoms with Crippen LogP contribution in [0, 0.1) is 5.82 Å². The van der Waals surface area contributed by atoms with Gasteiger partial charge in [-0.05, 0) is 28.5 Å². The van der Waals surface area contributed by atoms with Crippen LogP contribution in [-0.2, 0) is 6.42 Å². The van der Waals surface area contributed by atoms with E-state index in [2.05, 4.69) is 0 Å². The van der Waals surface area contributed by atoms with Gasteiger partial charge in [0.25, 0.3) is 0 Å². The minimum atomic E-state index is -0.968. The third-order valence-electron chi connectivity index (χ3n) is 3.63. The molecule has 3 heteroatoms. The van der Waals surface area contributed by atoms with Crippen molar-refractivity contribution in [3.05, 3.63) is 82.6 Å². The number of hydrogen-bond acceptors (Lipinski definition) is 1. The van der Waals surface area contributed by atoms with Crippen molar-refractivity contribution in [3.63, 3.8) is 0 Å². The minimum absolute atomic E-state index is 0.159. The van der Waals surface area contributed by atoms with E-state index in [0.717, 1.165) is 16.3 Å². The van der Waals surface area contributed by atoms with E-state index in [9.17, 15) is 9.50 Å². The first-order valence-electron chi connectivity index (χ1n) is 6.75. The summed E-state index contributed by atoms with van der Waals surface area (Å²) in [4.78, 5) is 0. The fourth-order valence-electron chi connectivity index (χ4n) is 2.61. The lowest BCUT2D eigenvalue weighted by atomic mass is 9.96. The summed E-state index contributed by atoms with van der Waals surface area (Å²) >= 11 is 6.01. The molecule has 0 aliphatic rings. The number of rotatable bonds is 3. The zero-order chi connectivity index (χ0) is 14.8. The smallest absolute Gasteiger partial charge is 0.130 e. The maximum absolute atomic E-state index is 13.9. The van der Waals surface area contributed by atoms with Crippen LogP contribution in [0.2, 0.25) is 5.02 Å². The van der Waals surface area contributed by atoms with Crippen LogP contribution in [0.15, 0.2) is 60.7 Å². The summed E-state index contributed by atoms with van der Waals surface area (Å²) in [6.45, 7) is 0. The van der Waals surface area contributed by atoms with Crippen molar-refractivity contribution in [3.8, 4) is 0 Å². The Bertz CT molecular complexity index is 760. The van der Waals surface area contributed by atoms with Crippen LogP contribution in [0.3, 0.4) is 0 Å². The first kappa shape index (κ1) is 14.1. The largest absolute Gasteiger partial charge is 0.388 e. The molecule has 0 amide bonds. The first-order valence-corrected chi connectivity index (χ1v) is 7.13. The maximum Gasteiger partial charge on any atom is 0.130 e. The highest BCUT2D eigenvalue weighted by molar-refractivity contribution is 6.31. The van der Waals surface area contributed by atoms with E-state index in [-0.39, 0.29) is 10.6 Å². The molecule has 1 atom stereocenters. The predicted octanol–water partition coefficient (Wildman–Crippen LogP) is 4.91. The van der Waals surface area contributed by atoms with Crippen LogP contribution < -0.4 is 0 Å². The van der Waals surface area contributed by atoms with Crippen molar-refractivity contribution >= 4 is 22.4 Å². The third kappa shape index (κ3) is 2.78. The molecule has 1 nitrogen and oxygen atoms in total. The molecule has 3 aromatic rings. The highest BCUT2D eigenvalue weighted by atomic mass is 35.5. The highest BCUT2D eigenvalue weighted by Gasteiger charge is 2.17. The molecule has 0 bridgehead atoms. The van der Waals surface area contributed by atoms with E-state index in [1.807, 2.05) is 42.5 Å². The van der Waals surface area contributed by atoms with Crippen molar-refractivity contribution in [2.45, 2.75) is 12.5 Å². The number of halogens is 2. The zero-order valence-electron chi connectivity index (χ0n) is 11.3. The number of benzene rings is 3. The highest BCUT2D eigenvalue weighted by Crippen LogP contribution is 2.30. The van der Waals surface area contributed by atoms with Crippen LogP contribution in [-0.4, -0.2) is 5.11 Å². The SMILES string of the molecule is OC(Cc1cccc2ccccc12)c1c(F)cccc1Cl. The molecule has 21 heavy (non-hydrogen) atoms. The second kappa shape index (κ2) is 5.84. The Morgan fingerprint density at radius 3 is 2.48 bits per heavy atom. The lowest BCUT2D eigenvalue weighted by Gasteiger charge is -2.15. The number of aliphatic hydroxyl groups is 1. The van der Waals surface area contributed by atoms with Gasteiger partial charge in [0.15, 0.2) is 0 Å². The van der Waals surface area contributed by atoms with Crippen LogP contribution in [0.4, 0.5) is 4.39 Å². The molecule has 0 saturated heterocycles. The Morgan fingerprint density at radius 1 is 0.952 bits per heavy atom. The molecule has 0 aromatic heterocycles. The molecular weight excluding hydrogens is 287 g/mol. The third-order valence-corrected chi connectivity index (χ3v) is 3.96. The molecule has 0 aliphatic carbocycles. The molecule has 1 unspecified atom stereocenters. The van der Waals surface area contributed by atoms with E-state index in [0.29, 0.717) is 6.42 Å². The Hall–Kier alpha value is -1.90. The van der Waals surface area contributed by atoms with Crippen molar-refractivity contribution in [1.82, 2.24) is 0 Å². The van der Waals surface area contributed by atoms with Crippen LogP contribution >= 0.6 is 11.6 Å². The molecule has 0 radical (unpaired) electrons. The van der Waals surface area contributed by atoms with E-state index in [1.54, 1.807) is 6.07 Å². The Kier molecular flexibility index (Phi) is 3.91. The maximum atomic E-state index is 13.9. The van der Waals surface area contributed by atoms with E-state index >= 15 is 0 Å². The Balaban J connectivity index is 1.99. The molecule has 0 saturated carbocycles. The van der Waals surface area contributed by atoms with E-state index in [1.165, 1.54) is 12.1 Å². The molecule has 3 rings (SSSR count). The molecule has 0 aliphatic heterocycles. The molecule has 0 heterocycles. The number of fused-ring (bicyclic) bond motifs is 1. The molecule has 0 fully saturated rings. The average molecular weight is 301 g/mol. The summed E-state index contributed by atoms with van der Waals surface area (Å²) in [7, 11) is 0. The van der Waals surface area contributed by atoms with Gasteiger partial charge in [-0.3, -0.25) is 0 Å². The summed E-state index contributed by atoms with van der Waals surface area (Å²) < 4.78 is 13.9. The van der Waals surface area contributed by atoms with Crippen molar-refractivity contribution in [2.24, 2.45) is 0 Å². The van der Waals surface area contributed by atoms with Gasteiger partial charge >= 0.3 is 0 Å². The first-order chi connectivity index (χ1) is 10.2. The number of hydrogen-bond donors (Lipinski definition) is 1. The summed E-state index contributed by atoms with van der Waals surface area (Å²) in [5, 5.41) is 12.8. The van der Waals surface area contributed by atoms with Gasteiger partial charge in [-0.15, -0.1) is 0 Å². The second-order valence-corrected chi connectivity index (χ2v) is 5.40. The van der Waals surface area contributed by atoms with Gasteiger partial charge in [-0.2, -0.15) is 0 Å². The minimum Gasteiger partial charge on any atom is -0.388 e. The lowest BCUT2D eigenvalue weighted by molar-refractivity contribution is 0.174. The van der Waals surface area contributed by atoms with Gasteiger partial charge in [-0.1, -0.05) is 60.1 Å². The normalized spacial score (nSPS) is 12.5. The molecule has 106 valence electrons. The van der Waals surface area contributed by atoms with Crippen molar-refractivity contribution in [2.75, 3.05) is 0 Å². The quantitative estimate of drug-likeness (QED) is 0.729. The van der Waals surface area contributed by atoms with Crippen LogP contribution in [0.25, 0.3) is 10.8 Å². The Labute approximate surface area is 127 Å². The van der Waals surface area contributed by atoms with Gasteiger partial charge in [0.1, 0.15) is 5.82 Å². The fourth-order valence-corrected chi connectivity index (χ4v) is 2.90. The van der Waals surface area contributed by atoms with Gasteiger partial charge in [-0.25, -0.2) is 4.39 Å². The zero-order valence-corrected chi connectivity index (χ0v) is 12.0. The van der Waals surface area contributed by atoms with Gasteiger partial charge in [0, 0.05) is 17.0 Å². The summed E-state index contributed by atoms with van der Waals surface area (Å²) in [5.74, 6) is -0.477. The fraction of sp³-hybridized carbons (Fsp3) is 0.111. The van der Waals surface area contributed by atoms with Crippen LogP contribution in [0.5, 0.6) is 0 Å². The Morgan fingerprint density at radius 2 is 1.67 bits per heavy atom. The molecular formula is C18H14ClFO. The predicted molar refractivity (Wildman–Crippen MR) is 84.0 cm³/mol. The summed E-state index contributed by atoms with van der Waals surface area (Å²) in [6.07, 6.45) is -0.647. The second-order valence-electron chi connectivity index (χ2n) is 4.99. The topological polar surface area (TPSA) is 20.2 Å². The van der Waals surface area contributed by atoms with Gasteiger partial charge < -0.3 is 5.11 Å². The monoisotopic (exact) mass is 300 g/mol. The van der Waals surface area contributed by atoms with Crippen molar-refractivity contribution in [1.29, 1.82) is 0 Å². The summed E-state index contributed by atoms with van der Waals surface area (Å²) in [5.41, 5.74) is 1.13.